The van der Waals surface area contributed by atoms with Crippen molar-refractivity contribution in [1.82, 2.24) is 24.8 Å². The van der Waals surface area contributed by atoms with Gasteiger partial charge in [0.15, 0.2) is 11.5 Å². The van der Waals surface area contributed by atoms with Crippen LogP contribution in [-0.2, 0) is 12.7 Å². The Kier molecular flexibility index (Phi) is 3.46. The molecule has 3 heterocycles. The number of aryl methyl sites for hydroxylation is 2. The van der Waals surface area contributed by atoms with Crippen molar-refractivity contribution in [3.63, 3.8) is 0 Å². The maximum atomic E-state index is 13.0. The van der Waals surface area contributed by atoms with Crippen LogP contribution in [0.5, 0.6) is 0 Å². The highest BCUT2D eigenvalue weighted by molar-refractivity contribution is 5.58. The first-order valence-corrected chi connectivity index (χ1v) is 6.72. The van der Waals surface area contributed by atoms with Crippen LogP contribution in [0.3, 0.4) is 0 Å². The molecule has 0 radical (unpaired) electrons. The van der Waals surface area contributed by atoms with Crippen LogP contribution in [0, 0.1) is 20.8 Å². The second-order valence-electron chi connectivity index (χ2n) is 5.07. The number of halogens is 3. The van der Waals surface area contributed by atoms with Crippen molar-refractivity contribution in [2.45, 2.75) is 33.5 Å². The van der Waals surface area contributed by atoms with Crippen LogP contribution in [0.15, 0.2) is 10.6 Å². The molecule has 0 aliphatic rings. The molecule has 0 bridgehead atoms. The fraction of sp³-hybridized carbons (Fsp3) is 0.385. The first-order chi connectivity index (χ1) is 10.8. The standard InChI is InChI=1S/C13H13F3N6O/c1-6-4-17-9(23-6)5-18-10-7(2)8(3)11-19-20-12(13(14,15)16)22(11)21-10/h4H,5H2,1-3H3,(H,18,21). The van der Waals surface area contributed by atoms with Gasteiger partial charge in [0.1, 0.15) is 5.76 Å². The van der Waals surface area contributed by atoms with Crippen LogP contribution in [0.2, 0.25) is 0 Å². The molecule has 0 amide bonds. The summed E-state index contributed by atoms with van der Waals surface area (Å²) in [5.41, 5.74) is 1.32. The van der Waals surface area contributed by atoms with Gasteiger partial charge in [-0.15, -0.1) is 15.3 Å². The number of anilines is 1. The van der Waals surface area contributed by atoms with Gasteiger partial charge in [-0.25, -0.2) is 4.98 Å². The largest absolute Gasteiger partial charge is 0.453 e. The number of alkyl halides is 3. The summed E-state index contributed by atoms with van der Waals surface area (Å²) in [4.78, 5) is 4.02. The zero-order valence-corrected chi connectivity index (χ0v) is 12.6. The van der Waals surface area contributed by atoms with Crippen LogP contribution in [0.4, 0.5) is 19.0 Å². The molecule has 0 saturated carbocycles. The fourth-order valence-corrected chi connectivity index (χ4v) is 2.12. The predicted molar refractivity (Wildman–Crippen MR) is 73.8 cm³/mol. The normalized spacial score (nSPS) is 12.1. The van der Waals surface area contributed by atoms with E-state index < -0.39 is 12.0 Å². The number of hydrogen-bond donors (Lipinski definition) is 1. The summed E-state index contributed by atoms with van der Waals surface area (Å²) in [7, 11) is 0. The van der Waals surface area contributed by atoms with Crippen LogP contribution in [-0.4, -0.2) is 24.8 Å². The van der Waals surface area contributed by atoms with Gasteiger partial charge in [-0.1, -0.05) is 0 Å². The number of nitrogens with zero attached hydrogens (tertiary/aromatic N) is 5. The highest BCUT2D eigenvalue weighted by atomic mass is 19.4. The Labute approximate surface area is 128 Å². The molecule has 0 spiro atoms. The lowest BCUT2D eigenvalue weighted by atomic mass is 10.2. The molecule has 3 aromatic rings. The second kappa shape index (κ2) is 5.21. The molecule has 0 aliphatic heterocycles. The minimum absolute atomic E-state index is 0.0762. The van der Waals surface area contributed by atoms with Gasteiger partial charge in [0.25, 0.3) is 5.82 Å². The maximum absolute atomic E-state index is 13.0. The Morgan fingerprint density at radius 3 is 2.52 bits per heavy atom. The summed E-state index contributed by atoms with van der Waals surface area (Å²) >= 11 is 0. The lowest BCUT2D eigenvalue weighted by Crippen LogP contribution is -2.15. The van der Waals surface area contributed by atoms with E-state index >= 15 is 0 Å². The highest BCUT2D eigenvalue weighted by Crippen LogP contribution is 2.29. The zero-order chi connectivity index (χ0) is 16.8. The van der Waals surface area contributed by atoms with Crippen molar-refractivity contribution >= 4 is 11.5 Å². The topological polar surface area (TPSA) is 81.1 Å². The van der Waals surface area contributed by atoms with E-state index in [0.29, 0.717) is 27.3 Å². The molecule has 1 N–H and O–H groups in total. The third-order valence-corrected chi connectivity index (χ3v) is 3.42. The van der Waals surface area contributed by atoms with E-state index in [4.69, 9.17) is 4.42 Å². The number of oxazole rings is 1. The molecule has 3 aromatic heterocycles. The summed E-state index contributed by atoms with van der Waals surface area (Å²) < 4.78 is 44.9. The van der Waals surface area contributed by atoms with E-state index in [-0.39, 0.29) is 18.0 Å². The average molecular weight is 326 g/mol. The SMILES string of the molecule is Cc1cnc(CNc2nn3c(C(F)(F)F)nnc3c(C)c2C)o1. The number of nitrogens with one attached hydrogen (secondary N) is 1. The summed E-state index contributed by atoms with van der Waals surface area (Å²) in [5.74, 6) is 0.194. The van der Waals surface area contributed by atoms with E-state index in [1.165, 1.54) is 0 Å². The lowest BCUT2D eigenvalue weighted by Gasteiger charge is -2.11. The highest BCUT2D eigenvalue weighted by Gasteiger charge is 2.38. The van der Waals surface area contributed by atoms with Gasteiger partial charge < -0.3 is 9.73 Å². The number of rotatable bonds is 3. The van der Waals surface area contributed by atoms with Crippen molar-refractivity contribution in [1.29, 1.82) is 0 Å². The first kappa shape index (κ1) is 15.3. The van der Waals surface area contributed by atoms with Crippen molar-refractivity contribution in [3.8, 4) is 0 Å². The monoisotopic (exact) mass is 326 g/mol. The molecule has 0 aromatic carbocycles. The summed E-state index contributed by atoms with van der Waals surface area (Å²) in [6.07, 6.45) is -3.07. The molecule has 0 unspecified atom stereocenters. The van der Waals surface area contributed by atoms with E-state index in [0.717, 1.165) is 0 Å². The number of hydrogen-bond acceptors (Lipinski definition) is 6. The number of fused-ring (bicyclic) bond motifs is 1. The van der Waals surface area contributed by atoms with Crippen molar-refractivity contribution < 1.29 is 17.6 Å². The second-order valence-corrected chi connectivity index (χ2v) is 5.07. The minimum atomic E-state index is -4.63. The van der Waals surface area contributed by atoms with Crippen molar-refractivity contribution in [2.24, 2.45) is 0 Å². The molecule has 0 atom stereocenters. The van der Waals surface area contributed by atoms with Gasteiger partial charge >= 0.3 is 6.18 Å². The average Bonchev–Trinajstić information content (AvgIpc) is 3.07. The van der Waals surface area contributed by atoms with Crippen LogP contribution in [0.1, 0.15) is 28.6 Å². The van der Waals surface area contributed by atoms with Gasteiger partial charge in [0, 0.05) is 5.56 Å². The van der Waals surface area contributed by atoms with Crippen LogP contribution >= 0.6 is 0 Å². The maximum Gasteiger partial charge on any atom is 0.453 e. The zero-order valence-electron chi connectivity index (χ0n) is 12.6. The molecule has 0 fully saturated rings. The summed E-state index contributed by atoms with van der Waals surface area (Å²) in [6.45, 7) is 5.37. The van der Waals surface area contributed by atoms with Crippen LogP contribution < -0.4 is 5.32 Å². The Morgan fingerprint density at radius 1 is 1.17 bits per heavy atom. The predicted octanol–water partition coefficient (Wildman–Crippen LogP) is 2.67. The third-order valence-electron chi connectivity index (χ3n) is 3.42. The molecule has 7 nitrogen and oxygen atoms in total. The van der Waals surface area contributed by atoms with Crippen molar-refractivity contribution in [2.75, 3.05) is 5.32 Å². The third kappa shape index (κ3) is 2.71. The van der Waals surface area contributed by atoms with Gasteiger partial charge in [0.05, 0.1) is 12.7 Å². The van der Waals surface area contributed by atoms with E-state index in [1.54, 1.807) is 27.0 Å². The van der Waals surface area contributed by atoms with Gasteiger partial charge in [-0.2, -0.15) is 17.7 Å². The molecule has 0 saturated heterocycles. The summed E-state index contributed by atoms with van der Waals surface area (Å²) in [6, 6.07) is 0. The number of aromatic nitrogens is 5. The van der Waals surface area contributed by atoms with E-state index in [9.17, 15) is 13.2 Å². The molecular formula is C13H13F3N6O. The van der Waals surface area contributed by atoms with Crippen molar-refractivity contribution in [3.05, 3.63) is 34.8 Å². The molecule has 10 heteroatoms. The first-order valence-electron chi connectivity index (χ1n) is 6.72. The molecule has 0 aliphatic carbocycles. The molecular weight excluding hydrogens is 313 g/mol. The van der Waals surface area contributed by atoms with Gasteiger partial charge in [-0.3, -0.25) is 0 Å². The van der Waals surface area contributed by atoms with Crippen LogP contribution in [0.25, 0.3) is 5.65 Å². The fourth-order valence-electron chi connectivity index (χ4n) is 2.12. The Bertz CT molecular complexity index is 867. The lowest BCUT2D eigenvalue weighted by molar-refractivity contribution is -0.146. The minimum Gasteiger partial charge on any atom is -0.444 e. The van der Waals surface area contributed by atoms with Gasteiger partial charge in [-0.05, 0) is 26.3 Å². The summed E-state index contributed by atoms with van der Waals surface area (Å²) in [5, 5.41) is 13.7. The molecule has 122 valence electrons. The van der Waals surface area contributed by atoms with E-state index in [1.807, 2.05) is 0 Å². The molecule has 3 rings (SSSR count). The Balaban J connectivity index is 2.01. The Hall–Kier alpha value is -2.65. The molecule has 23 heavy (non-hydrogen) atoms. The Morgan fingerprint density at radius 2 is 1.91 bits per heavy atom. The van der Waals surface area contributed by atoms with E-state index in [2.05, 4.69) is 25.6 Å². The smallest absolute Gasteiger partial charge is 0.444 e. The van der Waals surface area contributed by atoms with Gasteiger partial charge in [0.2, 0.25) is 5.89 Å². The quantitative estimate of drug-likeness (QED) is 0.797.